The number of carbonyl (C=O) groups is 1. The molecule has 2 saturated heterocycles. The average molecular weight is 401 g/mol. The van der Waals surface area contributed by atoms with Gasteiger partial charge in [-0.05, 0) is 11.6 Å². The van der Waals surface area contributed by atoms with E-state index in [0.29, 0.717) is 62.0 Å². The summed E-state index contributed by atoms with van der Waals surface area (Å²) in [4.78, 5) is 15.2. The Morgan fingerprint density at radius 3 is 2.61 bits per heavy atom. The molecule has 28 heavy (non-hydrogen) atoms. The molecule has 3 aromatic rings. The van der Waals surface area contributed by atoms with Gasteiger partial charge in [0.1, 0.15) is 5.69 Å². The van der Waals surface area contributed by atoms with Crippen molar-refractivity contribution >= 4 is 28.6 Å². The number of amides is 1. The summed E-state index contributed by atoms with van der Waals surface area (Å²) in [5, 5.41) is 0.682. The lowest BCUT2D eigenvalue weighted by Gasteiger charge is -2.37. The number of aromatic nitrogens is 1. The Bertz CT molecular complexity index is 1010. The number of carbonyl (C=O) groups excluding carboxylic acids is 1. The van der Waals surface area contributed by atoms with Crippen molar-refractivity contribution in [2.24, 2.45) is 0 Å². The lowest BCUT2D eigenvalue weighted by Crippen LogP contribution is -2.47. The third-order valence-electron chi connectivity index (χ3n) is 5.65. The molecular formula is C21H21ClN2O4. The summed E-state index contributed by atoms with van der Waals surface area (Å²) in [6, 6.07) is 11.4. The van der Waals surface area contributed by atoms with Crippen LogP contribution in [0, 0.1) is 0 Å². The number of halogens is 1. The van der Waals surface area contributed by atoms with Crippen LogP contribution in [0.15, 0.2) is 47.1 Å². The highest BCUT2D eigenvalue weighted by atomic mass is 35.5. The molecule has 2 aliphatic heterocycles. The summed E-state index contributed by atoms with van der Waals surface area (Å²) < 4.78 is 19.1. The van der Waals surface area contributed by atoms with Crippen molar-refractivity contribution in [1.82, 2.24) is 9.47 Å². The number of piperidine rings is 1. The molecule has 0 N–H and O–H groups in total. The van der Waals surface area contributed by atoms with Gasteiger partial charge in [-0.2, -0.15) is 0 Å². The fraction of sp³-hybridized carbons (Fsp3) is 0.381. The number of benzene rings is 1. The van der Waals surface area contributed by atoms with Gasteiger partial charge in [-0.25, -0.2) is 0 Å². The van der Waals surface area contributed by atoms with Crippen LogP contribution < -0.4 is 0 Å². The van der Waals surface area contributed by atoms with E-state index < -0.39 is 5.79 Å². The van der Waals surface area contributed by atoms with Gasteiger partial charge in [0.05, 0.1) is 25.0 Å². The molecule has 146 valence electrons. The number of fused-ring (bicyclic) bond motifs is 1. The summed E-state index contributed by atoms with van der Waals surface area (Å²) in [5.74, 6) is -0.504. The molecule has 0 aliphatic carbocycles. The molecule has 0 saturated carbocycles. The molecule has 2 aromatic heterocycles. The van der Waals surface area contributed by atoms with E-state index in [1.807, 2.05) is 45.9 Å². The second-order valence-electron chi connectivity index (χ2n) is 7.28. The molecule has 4 heterocycles. The van der Waals surface area contributed by atoms with E-state index in [9.17, 15) is 4.79 Å². The number of rotatable bonds is 3. The molecule has 2 fully saturated rings. The minimum absolute atomic E-state index is 0.00806. The van der Waals surface area contributed by atoms with Gasteiger partial charge < -0.3 is 23.4 Å². The van der Waals surface area contributed by atoms with E-state index in [0.717, 1.165) is 11.1 Å². The predicted octanol–water partition coefficient (Wildman–Crippen LogP) is 3.92. The van der Waals surface area contributed by atoms with Crippen molar-refractivity contribution in [1.29, 1.82) is 0 Å². The number of ether oxygens (including phenoxy) is 2. The minimum atomic E-state index is -0.496. The summed E-state index contributed by atoms with van der Waals surface area (Å²) >= 11 is 6.36. The molecule has 5 rings (SSSR count). The van der Waals surface area contributed by atoms with Crippen LogP contribution in [-0.4, -0.2) is 47.5 Å². The van der Waals surface area contributed by atoms with Crippen LogP contribution in [0.3, 0.4) is 0 Å². The zero-order valence-electron chi connectivity index (χ0n) is 15.4. The maximum absolute atomic E-state index is 13.3. The second kappa shape index (κ2) is 6.95. The first kappa shape index (κ1) is 17.8. The summed E-state index contributed by atoms with van der Waals surface area (Å²) in [6.45, 7) is 2.98. The summed E-state index contributed by atoms with van der Waals surface area (Å²) in [6.07, 6.45) is 3.03. The number of furan rings is 1. The fourth-order valence-corrected chi connectivity index (χ4v) is 4.32. The van der Waals surface area contributed by atoms with Gasteiger partial charge in [-0.1, -0.05) is 29.8 Å². The Kier molecular flexibility index (Phi) is 4.42. The van der Waals surface area contributed by atoms with Gasteiger partial charge in [0, 0.05) is 49.6 Å². The Morgan fingerprint density at radius 2 is 1.86 bits per heavy atom. The third kappa shape index (κ3) is 3.02. The number of hydrogen-bond donors (Lipinski definition) is 0. The predicted molar refractivity (Wildman–Crippen MR) is 105 cm³/mol. The zero-order chi connectivity index (χ0) is 19.1. The SMILES string of the molecule is O=C(c1cc2occc2n1Cc1ccccc1Cl)N1CCC2(CC1)OCCO2. The molecule has 6 nitrogen and oxygen atoms in total. The monoisotopic (exact) mass is 400 g/mol. The molecule has 1 spiro atoms. The van der Waals surface area contributed by atoms with Crippen LogP contribution in [0.2, 0.25) is 5.02 Å². The van der Waals surface area contributed by atoms with Crippen LogP contribution in [0.25, 0.3) is 11.1 Å². The van der Waals surface area contributed by atoms with E-state index in [-0.39, 0.29) is 5.91 Å². The van der Waals surface area contributed by atoms with Gasteiger partial charge >= 0.3 is 0 Å². The normalized spacial score (nSPS) is 19.0. The third-order valence-corrected chi connectivity index (χ3v) is 6.02. The maximum Gasteiger partial charge on any atom is 0.270 e. The number of nitrogens with zero attached hydrogens (tertiary/aromatic N) is 2. The largest absolute Gasteiger partial charge is 0.463 e. The van der Waals surface area contributed by atoms with Crippen molar-refractivity contribution < 1.29 is 18.7 Å². The molecule has 2 aliphatic rings. The van der Waals surface area contributed by atoms with Crippen LogP contribution in [0.4, 0.5) is 0 Å². The first-order valence-corrected chi connectivity index (χ1v) is 9.90. The van der Waals surface area contributed by atoms with Gasteiger partial charge in [0.25, 0.3) is 5.91 Å². The summed E-state index contributed by atoms with van der Waals surface area (Å²) in [7, 11) is 0. The van der Waals surface area contributed by atoms with Crippen molar-refractivity contribution in [2.45, 2.75) is 25.2 Å². The molecule has 0 radical (unpaired) electrons. The van der Waals surface area contributed by atoms with E-state index in [1.54, 1.807) is 6.26 Å². The van der Waals surface area contributed by atoms with Crippen LogP contribution in [-0.2, 0) is 16.0 Å². The lowest BCUT2D eigenvalue weighted by molar-refractivity contribution is -0.181. The molecule has 0 atom stereocenters. The first-order valence-electron chi connectivity index (χ1n) is 9.53. The van der Waals surface area contributed by atoms with Crippen molar-refractivity contribution in [2.75, 3.05) is 26.3 Å². The highest BCUT2D eigenvalue weighted by Crippen LogP contribution is 2.32. The van der Waals surface area contributed by atoms with Gasteiger partial charge in [-0.3, -0.25) is 4.79 Å². The Balaban J connectivity index is 1.43. The standard InChI is InChI=1S/C21H21ClN2O4/c22-16-4-2-1-3-15(16)14-24-17-5-10-26-19(17)13-18(24)20(25)23-8-6-21(7-9-23)27-11-12-28-21/h1-5,10,13H,6-9,11-12,14H2. The molecule has 1 aromatic carbocycles. The molecule has 0 bridgehead atoms. The number of hydrogen-bond acceptors (Lipinski definition) is 4. The fourth-order valence-electron chi connectivity index (χ4n) is 4.12. The molecule has 1 amide bonds. The maximum atomic E-state index is 13.3. The lowest BCUT2D eigenvalue weighted by atomic mass is 10.0. The first-order chi connectivity index (χ1) is 13.7. The second-order valence-corrected chi connectivity index (χ2v) is 7.68. The van der Waals surface area contributed by atoms with E-state index in [1.165, 1.54) is 0 Å². The molecule has 0 unspecified atom stereocenters. The van der Waals surface area contributed by atoms with Crippen LogP contribution in [0.1, 0.15) is 28.9 Å². The minimum Gasteiger partial charge on any atom is -0.463 e. The van der Waals surface area contributed by atoms with Crippen molar-refractivity contribution in [3.63, 3.8) is 0 Å². The van der Waals surface area contributed by atoms with Crippen molar-refractivity contribution in [3.8, 4) is 0 Å². The quantitative estimate of drug-likeness (QED) is 0.668. The Labute approximate surface area is 167 Å². The van der Waals surface area contributed by atoms with Crippen LogP contribution >= 0.6 is 11.6 Å². The van der Waals surface area contributed by atoms with Crippen molar-refractivity contribution in [3.05, 3.63) is 58.9 Å². The average Bonchev–Trinajstić information content (AvgIpc) is 3.42. The van der Waals surface area contributed by atoms with E-state index in [4.69, 9.17) is 25.5 Å². The Hall–Kier alpha value is -2.28. The van der Waals surface area contributed by atoms with Gasteiger partial charge in [-0.15, -0.1) is 0 Å². The smallest absolute Gasteiger partial charge is 0.270 e. The highest BCUT2D eigenvalue weighted by Gasteiger charge is 2.41. The van der Waals surface area contributed by atoms with Gasteiger partial charge in [0.15, 0.2) is 11.4 Å². The topological polar surface area (TPSA) is 56.8 Å². The van der Waals surface area contributed by atoms with Crippen LogP contribution in [0.5, 0.6) is 0 Å². The van der Waals surface area contributed by atoms with Gasteiger partial charge in [0.2, 0.25) is 0 Å². The zero-order valence-corrected chi connectivity index (χ0v) is 16.2. The molecular weight excluding hydrogens is 380 g/mol. The summed E-state index contributed by atoms with van der Waals surface area (Å²) in [5.41, 5.74) is 3.16. The number of likely N-dealkylation sites (tertiary alicyclic amines) is 1. The molecule has 7 heteroatoms. The van der Waals surface area contributed by atoms with E-state index in [2.05, 4.69) is 0 Å². The Morgan fingerprint density at radius 1 is 1.11 bits per heavy atom. The van der Waals surface area contributed by atoms with E-state index >= 15 is 0 Å². The highest BCUT2D eigenvalue weighted by molar-refractivity contribution is 6.31.